The first-order chi connectivity index (χ1) is 13.3. The van der Waals surface area contributed by atoms with Crippen LogP contribution >= 0.6 is 0 Å². The first-order valence-corrected chi connectivity index (χ1v) is 8.83. The van der Waals surface area contributed by atoms with Gasteiger partial charge in [-0.25, -0.2) is 15.0 Å². The van der Waals surface area contributed by atoms with Crippen molar-refractivity contribution in [3.05, 3.63) is 55.0 Å². The average Bonchev–Trinajstić information content (AvgIpc) is 2.75. The highest BCUT2D eigenvalue weighted by Gasteiger charge is 2.20. The van der Waals surface area contributed by atoms with Crippen LogP contribution in [0.2, 0.25) is 0 Å². The van der Waals surface area contributed by atoms with Gasteiger partial charge in [-0.3, -0.25) is 0 Å². The minimum Gasteiger partial charge on any atom is -0.495 e. The Morgan fingerprint density at radius 2 is 1.48 bits per heavy atom. The van der Waals surface area contributed by atoms with Gasteiger partial charge in [-0.2, -0.15) is 4.98 Å². The van der Waals surface area contributed by atoms with E-state index in [0.29, 0.717) is 5.95 Å². The first kappa shape index (κ1) is 17.0. The Hall–Kier alpha value is -3.42. The number of piperazine rings is 1. The second-order valence-electron chi connectivity index (χ2n) is 6.09. The fourth-order valence-corrected chi connectivity index (χ4v) is 3.02. The fraction of sp³-hybridized carbons (Fsp3) is 0.263. The summed E-state index contributed by atoms with van der Waals surface area (Å²) in [7, 11) is 1.65. The van der Waals surface area contributed by atoms with Gasteiger partial charge in [-0.1, -0.05) is 12.1 Å². The molecule has 8 nitrogen and oxygen atoms in total. The van der Waals surface area contributed by atoms with Crippen molar-refractivity contribution in [2.45, 2.75) is 0 Å². The summed E-state index contributed by atoms with van der Waals surface area (Å²) in [5, 5.41) is 3.30. The number of nitrogens with one attached hydrogen (secondary N) is 1. The van der Waals surface area contributed by atoms with E-state index in [2.05, 4.69) is 35.1 Å². The van der Waals surface area contributed by atoms with E-state index in [1.165, 1.54) is 0 Å². The van der Waals surface area contributed by atoms with Crippen molar-refractivity contribution in [1.82, 2.24) is 19.9 Å². The lowest BCUT2D eigenvalue weighted by atomic mass is 10.3. The van der Waals surface area contributed by atoms with Crippen molar-refractivity contribution >= 4 is 23.4 Å². The van der Waals surface area contributed by atoms with Gasteiger partial charge >= 0.3 is 0 Å². The third-order valence-electron chi connectivity index (χ3n) is 4.41. The Morgan fingerprint density at radius 3 is 2.22 bits per heavy atom. The van der Waals surface area contributed by atoms with E-state index in [9.17, 15) is 0 Å². The van der Waals surface area contributed by atoms with Crippen molar-refractivity contribution in [3.63, 3.8) is 0 Å². The van der Waals surface area contributed by atoms with Gasteiger partial charge in [-0.05, 0) is 24.3 Å². The van der Waals surface area contributed by atoms with Gasteiger partial charge in [0.1, 0.15) is 11.6 Å². The molecule has 3 aromatic rings. The van der Waals surface area contributed by atoms with Crippen molar-refractivity contribution in [3.8, 4) is 5.75 Å². The highest BCUT2D eigenvalue weighted by molar-refractivity contribution is 5.64. The maximum absolute atomic E-state index is 5.38. The molecule has 0 unspecified atom stereocenters. The zero-order valence-corrected chi connectivity index (χ0v) is 15.1. The molecule has 27 heavy (non-hydrogen) atoms. The molecule has 3 heterocycles. The maximum atomic E-state index is 5.38. The number of hydrogen-bond donors (Lipinski definition) is 1. The molecule has 138 valence electrons. The molecule has 0 atom stereocenters. The lowest BCUT2D eigenvalue weighted by Gasteiger charge is -2.34. The SMILES string of the molecule is COc1ccccc1Nc1ccnc(N2CCN(c3ncccn3)CC2)n1. The number of benzene rings is 1. The van der Waals surface area contributed by atoms with Crippen LogP contribution in [0.25, 0.3) is 0 Å². The third kappa shape index (κ3) is 3.89. The van der Waals surface area contributed by atoms with Crippen LogP contribution in [0, 0.1) is 0 Å². The van der Waals surface area contributed by atoms with E-state index < -0.39 is 0 Å². The van der Waals surface area contributed by atoms with E-state index in [4.69, 9.17) is 4.74 Å². The van der Waals surface area contributed by atoms with Crippen LogP contribution in [0.5, 0.6) is 5.75 Å². The normalized spacial score (nSPS) is 14.1. The molecule has 0 spiro atoms. The van der Waals surface area contributed by atoms with Gasteiger partial charge in [0.05, 0.1) is 12.8 Å². The largest absolute Gasteiger partial charge is 0.495 e. The maximum Gasteiger partial charge on any atom is 0.227 e. The van der Waals surface area contributed by atoms with Crippen LogP contribution in [0.4, 0.5) is 23.4 Å². The summed E-state index contributed by atoms with van der Waals surface area (Å²) in [6, 6.07) is 11.4. The Bertz CT molecular complexity index is 882. The first-order valence-electron chi connectivity index (χ1n) is 8.83. The van der Waals surface area contributed by atoms with Crippen molar-refractivity contribution in [2.75, 3.05) is 48.4 Å². The standard InChI is InChI=1S/C19H21N7O/c1-27-16-6-3-2-5-15(16)23-17-7-10-22-19(24-17)26-13-11-25(12-14-26)18-20-8-4-9-21-18/h2-10H,11-14H2,1H3,(H,22,23,24). The van der Waals surface area contributed by atoms with Crippen LogP contribution in [-0.4, -0.2) is 53.2 Å². The van der Waals surface area contributed by atoms with Gasteiger partial charge in [-0.15, -0.1) is 0 Å². The molecular weight excluding hydrogens is 342 g/mol. The highest BCUT2D eigenvalue weighted by Crippen LogP contribution is 2.26. The molecule has 1 aromatic carbocycles. The zero-order valence-electron chi connectivity index (χ0n) is 15.1. The molecule has 0 aliphatic carbocycles. The van der Waals surface area contributed by atoms with Crippen molar-refractivity contribution in [1.29, 1.82) is 0 Å². The number of aromatic nitrogens is 4. The van der Waals surface area contributed by atoms with E-state index in [1.807, 2.05) is 36.4 Å². The minimum absolute atomic E-state index is 0.712. The van der Waals surface area contributed by atoms with E-state index >= 15 is 0 Å². The summed E-state index contributed by atoms with van der Waals surface area (Å²) >= 11 is 0. The predicted octanol–water partition coefficient (Wildman–Crippen LogP) is 2.35. The number of ether oxygens (including phenoxy) is 1. The second-order valence-corrected chi connectivity index (χ2v) is 6.09. The number of para-hydroxylation sites is 2. The lowest BCUT2D eigenvalue weighted by molar-refractivity contribution is 0.417. The highest BCUT2D eigenvalue weighted by atomic mass is 16.5. The monoisotopic (exact) mass is 363 g/mol. The summed E-state index contributed by atoms with van der Waals surface area (Å²) in [5.74, 6) is 2.99. The van der Waals surface area contributed by atoms with Crippen LogP contribution in [0.3, 0.4) is 0 Å². The Kier molecular flexibility index (Phi) is 4.95. The molecule has 1 aliphatic heterocycles. The summed E-state index contributed by atoms with van der Waals surface area (Å²) in [6.45, 7) is 3.29. The van der Waals surface area contributed by atoms with Crippen LogP contribution in [0.15, 0.2) is 55.0 Å². The topological polar surface area (TPSA) is 79.3 Å². The van der Waals surface area contributed by atoms with E-state index in [-0.39, 0.29) is 0 Å². The van der Waals surface area contributed by atoms with Gasteiger partial charge in [0, 0.05) is 44.8 Å². The van der Waals surface area contributed by atoms with Gasteiger partial charge in [0.2, 0.25) is 11.9 Å². The summed E-state index contributed by atoms with van der Waals surface area (Å²) in [4.78, 5) is 22.1. The fourth-order valence-electron chi connectivity index (χ4n) is 3.02. The predicted molar refractivity (Wildman–Crippen MR) is 105 cm³/mol. The van der Waals surface area contributed by atoms with E-state index in [0.717, 1.165) is 49.4 Å². The number of hydrogen-bond acceptors (Lipinski definition) is 8. The smallest absolute Gasteiger partial charge is 0.227 e. The molecule has 0 saturated carbocycles. The Balaban J connectivity index is 1.44. The average molecular weight is 363 g/mol. The summed E-state index contributed by atoms with van der Waals surface area (Å²) < 4.78 is 5.38. The number of nitrogens with zero attached hydrogens (tertiary/aromatic N) is 6. The van der Waals surface area contributed by atoms with Crippen LogP contribution in [0.1, 0.15) is 0 Å². The molecule has 1 fully saturated rings. The molecule has 1 aliphatic rings. The van der Waals surface area contributed by atoms with Gasteiger partial charge < -0.3 is 19.9 Å². The molecule has 0 amide bonds. The molecule has 4 rings (SSSR count). The lowest BCUT2D eigenvalue weighted by Crippen LogP contribution is -2.47. The number of rotatable bonds is 5. The molecule has 8 heteroatoms. The zero-order chi connectivity index (χ0) is 18.5. The summed E-state index contributed by atoms with van der Waals surface area (Å²) in [6.07, 6.45) is 5.31. The second kappa shape index (κ2) is 7.86. The Morgan fingerprint density at radius 1 is 0.815 bits per heavy atom. The number of methoxy groups -OCH3 is 1. The third-order valence-corrected chi connectivity index (χ3v) is 4.41. The molecular formula is C19H21N7O. The minimum atomic E-state index is 0.712. The molecule has 2 aromatic heterocycles. The number of anilines is 4. The van der Waals surface area contributed by atoms with Gasteiger partial charge in [0.25, 0.3) is 0 Å². The van der Waals surface area contributed by atoms with Crippen molar-refractivity contribution in [2.24, 2.45) is 0 Å². The molecule has 0 radical (unpaired) electrons. The Labute approximate surface area is 157 Å². The summed E-state index contributed by atoms with van der Waals surface area (Å²) in [5.41, 5.74) is 0.871. The molecule has 1 saturated heterocycles. The van der Waals surface area contributed by atoms with Crippen LogP contribution < -0.4 is 19.9 Å². The van der Waals surface area contributed by atoms with Crippen molar-refractivity contribution < 1.29 is 4.74 Å². The van der Waals surface area contributed by atoms with Crippen LogP contribution in [-0.2, 0) is 0 Å². The van der Waals surface area contributed by atoms with Gasteiger partial charge in [0.15, 0.2) is 0 Å². The van der Waals surface area contributed by atoms with E-state index in [1.54, 1.807) is 25.7 Å². The molecule has 0 bridgehead atoms. The molecule has 1 N–H and O–H groups in total. The quantitative estimate of drug-likeness (QED) is 0.740.